The molecule has 3 aromatic rings. The van der Waals surface area contributed by atoms with Crippen LogP contribution in [0.5, 0.6) is 5.75 Å². The number of nitrogens with zero attached hydrogens (tertiary/aromatic N) is 1. The SMILES string of the molecule is CCOC(=O)Cc1nc(-c2ccc3c(c2)CCO3)oc1-c1ccc(Cl)s1. The van der Waals surface area contributed by atoms with Gasteiger partial charge in [0.1, 0.15) is 5.75 Å². The van der Waals surface area contributed by atoms with Crippen LogP contribution in [0.3, 0.4) is 0 Å². The highest BCUT2D eigenvalue weighted by molar-refractivity contribution is 7.19. The first kappa shape index (κ1) is 17.1. The lowest BCUT2D eigenvalue weighted by molar-refractivity contribution is -0.142. The number of halogens is 1. The van der Waals surface area contributed by atoms with E-state index in [-0.39, 0.29) is 12.4 Å². The highest BCUT2D eigenvalue weighted by Crippen LogP contribution is 2.37. The zero-order valence-corrected chi connectivity index (χ0v) is 15.7. The molecular formula is C19H16ClNO4S. The summed E-state index contributed by atoms with van der Waals surface area (Å²) >= 11 is 7.44. The Kier molecular flexibility index (Phi) is 4.70. The molecule has 7 heteroatoms. The Labute approximate surface area is 159 Å². The van der Waals surface area contributed by atoms with E-state index in [4.69, 9.17) is 25.5 Å². The first-order chi connectivity index (χ1) is 12.6. The highest BCUT2D eigenvalue weighted by atomic mass is 35.5. The van der Waals surface area contributed by atoms with Crippen LogP contribution < -0.4 is 4.74 Å². The predicted octanol–water partition coefficient (Wildman–Crippen LogP) is 4.76. The lowest BCUT2D eigenvalue weighted by atomic mass is 10.1. The molecule has 0 saturated heterocycles. The van der Waals surface area contributed by atoms with Gasteiger partial charge in [-0.1, -0.05) is 11.6 Å². The van der Waals surface area contributed by atoms with Crippen LogP contribution in [0, 0.1) is 0 Å². The van der Waals surface area contributed by atoms with Crippen molar-refractivity contribution >= 4 is 28.9 Å². The molecule has 1 aliphatic rings. The van der Waals surface area contributed by atoms with Gasteiger partial charge in [-0.15, -0.1) is 11.3 Å². The van der Waals surface area contributed by atoms with Gasteiger partial charge in [0.15, 0.2) is 5.76 Å². The number of carbonyl (C=O) groups excluding carboxylic acids is 1. The van der Waals surface area contributed by atoms with Crippen LogP contribution in [0.1, 0.15) is 18.2 Å². The van der Waals surface area contributed by atoms with Crippen LogP contribution in [-0.2, 0) is 22.4 Å². The smallest absolute Gasteiger partial charge is 0.312 e. The molecule has 0 spiro atoms. The maximum Gasteiger partial charge on any atom is 0.312 e. The Morgan fingerprint density at radius 2 is 2.23 bits per heavy atom. The lowest BCUT2D eigenvalue weighted by Gasteiger charge is -2.00. The highest BCUT2D eigenvalue weighted by Gasteiger charge is 2.22. The van der Waals surface area contributed by atoms with Gasteiger partial charge in [0.25, 0.3) is 0 Å². The van der Waals surface area contributed by atoms with Crippen molar-refractivity contribution < 1.29 is 18.7 Å². The number of hydrogen-bond acceptors (Lipinski definition) is 6. The van der Waals surface area contributed by atoms with E-state index in [0.29, 0.717) is 34.9 Å². The van der Waals surface area contributed by atoms with E-state index in [1.807, 2.05) is 24.3 Å². The fourth-order valence-corrected chi connectivity index (χ4v) is 3.94. The zero-order chi connectivity index (χ0) is 18.1. The van der Waals surface area contributed by atoms with Crippen molar-refractivity contribution in [1.82, 2.24) is 4.98 Å². The van der Waals surface area contributed by atoms with E-state index >= 15 is 0 Å². The first-order valence-corrected chi connectivity index (χ1v) is 9.50. The molecule has 26 heavy (non-hydrogen) atoms. The number of thiophene rings is 1. The summed E-state index contributed by atoms with van der Waals surface area (Å²) < 4.78 is 17.3. The van der Waals surface area contributed by atoms with Crippen molar-refractivity contribution in [3.05, 3.63) is 45.9 Å². The number of esters is 1. The molecule has 0 unspecified atom stereocenters. The molecule has 0 N–H and O–H groups in total. The van der Waals surface area contributed by atoms with E-state index < -0.39 is 0 Å². The van der Waals surface area contributed by atoms with Crippen LogP contribution in [0.2, 0.25) is 4.34 Å². The van der Waals surface area contributed by atoms with Crippen molar-refractivity contribution in [2.24, 2.45) is 0 Å². The molecule has 1 aliphatic heterocycles. The van der Waals surface area contributed by atoms with Crippen LogP contribution >= 0.6 is 22.9 Å². The molecule has 0 bridgehead atoms. The average molecular weight is 390 g/mol. The molecule has 0 radical (unpaired) electrons. The van der Waals surface area contributed by atoms with E-state index in [1.54, 1.807) is 13.0 Å². The molecule has 0 amide bonds. The molecule has 0 aliphatic carbocycles. The third kappa shape index (κ3) is 3.34. The third-order valence-electron chi connectivity index (χ3n) is 4.05. The van der Waals surface area contributed by atoms with Crippen molar-refractivity contribution in [2.45, 2.75) is 19.8 Å². The second-order valence-corrected chi connectivity index (χ2v) is 7.52. The standard InChI is InChI=1S/C19H16ClNO4S/c1-2-23-17(22)10-13-18(15-5-6-16(20)26-15)25-19(21-13)12-3-4-14-11(9-12)7-8-24-14/h3-6,9H,2,7-8,10H2,1H3. The van der Waals surface area contributed by atoms with E-state index in [1.165, 1.54) is 11.3 Å². The van der Waals surface area contributed by atoms with Gasteiger partial charge >= 0.3 is 5.97 Å². The van der Waals surface area contributed by atoms with Crippen molar-refractivity contribution in [3.63, 3.8) is 0 Å². The summed E-state index contributed by atoms with van der Waals surface area (Å²) in [6.45, 7) is 2.80. The largest absolute Gasteiger partial charge is 0.493 e. The Bertz CT molecular complexity index is 962. The normalized spacial score (nSPS) is 12.7. The fraction of sp³-hybridized carbons (Fsp3) is 0.263. The molecule has 2 aromatic heterocycles. The Hall–Kier alpha value is -2.31. The minimum Gasteiger partial charge on any atom is -0.493 e. The van der Waals surface area contributed by atoms with Crippen molar-refractivity contribution in [3.8, 4) is 27.8 Å². The summed E-state index contributed by atoms with van der Waals surface area (Å²) in [5.74, 6) is 1.59. The minimum atomic E-state index is -0.335. The molecule has 0 atom stereocenters. The second-order valence-electron chi connectivity index (χ2n) is 5.80. The number of oxazole rings is 1. The van der Waals surface area contributed by atoms with Gasteiger partial charge in [0.2, 0.25) is 5.89 Å². The molecule has 5 nitrogen and oxygen atoms in total. The number of aromatic nitrogens is 1. The molecule has 1 aromatic carbocycles. The van der Waals surface area contributed by atoms with Crippen LogP contribution in [0.25, 0.3) is 22.1 Å². The predicted molar refractivity (Wildman–Crippen MR) is 99.8 cm³/mol. The summed E-state index contributed by atoms with van der Waals surface area (Å²) in [5, 5.41) is 0. The van der Waals surface area contributed by atoms with Crippen molar-refractivity contribution in [2.75, 3.05) is 13.2 Å². The van der Waals surface area contributed by atoms with Crippen LogP contribution in [0.15, 0.2) is 34.7 Å². The van der Waals surface area contributed by atoms with Crippen LogP contribution in [-0.4, -0.2) is 24.2 Å². The van der Waals surface area contributed by atoms with E-state index in [2.05, 4.69) is 4.98 Å². The topological polar surface area (TPSA) is 61.6 Å². The fourth-order valence-electron chi connectivity index (χ4n) is 2.89. The second kappa shape index (κ2) is 7.13. The molecule has 4 rings (SSSR count). The number of rotatable bonds is 5. The quantitative estimate of drug-likeness (QED) is 0.588. The monoisotopic (exact) mass is 389 g/mol. The van der Waals surface area contributed by atoms with E-state index in [0.717, 1.165) is 28.2 Å². The number of hydrogen-bond donors (Lipinski definition) is 0. The summed E-state index contributed by atoms with van der Waals surface area (Å²) in [5.41, 5.74) is 2.54. The number of fused-ring (bicyclic) bond motifs is 1. The van der Waals surface area contributed by atoms with Gasteiger partial charge < -0.3 is 13.9 Å². The molecule has 3 heterocycles. The summed E-state index contributed by atoms with van der Waals surface area (Å²) in [6, 6.07) is 9.52. The summed E-state index contributed by atoms with van der Waals surface area (Å²) in [4.78, 5) is 17.4. The summed E-state index contributed by atoms with van der Waals surface area (Å²) in [7, 11) is 0. The van der Waals surface area contributed by atoms with Gasteiger partial charge in [-0.25, -0.2) is 4.98 Å². The number of benzene rings is 1. The Morgan fingerprint density at radius 3 is 3.00 bits per heavy atom. The average Bonchev–Trinajstić information content (AvgIpc) is 3.33. The van der Waals surface area contributed by atoms with Gasteiger partial charge in [-0.3, -0.25) is 4.79 Å². The van der Waals surface area contributed by atoms with Gasteiger partial charge in [0, 0.05) is 12.0 Å². The number of ether oxygens (including phenoxy) is 2. The minimum absolute atomic E-state index is 0.0518. The maximum atomic E-state index is 12.0. The summed E-state index contributed by atoms with van der Waals surface area (Å²) in [6.07, 6.45) is 0.920. The molecular weight excluding hydrogens is 374 g/mol. The van der Waals surface area contributed by atoms with E-state index in [9.17, 15) is 4.79 Å². The lowest BCUT2D eigenvalue weighted by Crippen LogP contribution is -2.08. The van der Waals surface area contributed by atoms with Gasteiger partial charge in [-0.2, -0.15) is 0 Å². The number of carbonyl (C=O) groups is 1. The molecule has 134 valence electrons. The molecule has 0 saturated carbocycles. The molecule has 0 fully saturated rings. The zero-order valence-electron chi connectivity index (χ0n) is 14.1. The van der Waals surface area contributed by atoms with Gasteiger partial charge in [-0.05, 0) is 42.8 Å². The van der Waals surface area contributed by atoms with Gasteiger partial charge in [0.05, 0.1) is 34.5 Å². The Morgan fingerprint density at radius 1 is 1.35 bits per heavy atom. The van der Waals surface area contributed by atoms with Crippen molar-refractivity contribution in [1.29, 1.82) is 0 Å². The third-order valence-corrected chi connectivity index (χ3v) is 5.28. The first-order valence-electron chi connectivity index (χ1n) is 8.31. The van der Waals surface area contributed by atoms with Crippen LogP contribution in [0.4, 0.5) is 0 Å². The maximum absolute atomic E-state index is 12.0. The Balaban J connectivity index is 1.74.